The Labute approximate surface area is 120 Å². The van der Waals surface area contributed by atoms with Crippen LogP contribution in [0.2, 0.25) is 5.02 Å². The van der Waals surface area contributed by atoms with E-state index in [1.165, 1.54) is 18.2 Å². The molecule has 0 saturated carbocycles. The summed E-state index contributed by atoms with van der Waals surface area (Å²) >= 11 is 5.87. The Kier molecular flexibility index (Phi) is 4.52. The van der Waals surface area contributed by atoms with Gasteiger partial charge in [-0.25, -0.2) is 4.79 Å². The smallest absolute Gasteiger partial charge is 0.407 e. The van der Waals surface area contributed by atoms with Crippen LogP contribution in [0.3, 0.4) is 0 Å². The number of carbonyl (C=O) groups is 1. The lowest BCUT2D eigenvalue weighted by Crippen LogP contribution is -2.27. The van der Waals surface area contributed by atoms with E-state index in [4.69, 9.17) is 16.3 Å². The maximum Gasteiger partial charge on any atom is 0.407 e. The normalized spacial score (nSPS) is 13.6. The second-order valence-electron chi connectivity index (χ2n) is 4.12. The number of carbonyl (C=O) groups excluding carboxylic acids is 1. The van der Waals surface area contributed by atoms with Gasteiger partial charge in [0.15, 0.2) is 12.4 Å². The van der Waals surface area contributed by atoms with E-state index < -0.39 is 12.2 Å². The van der Waals surface area contributed by atoms with Crippen molar-refractivity contribution in [2.45, 2.75) is 19.1 Å². The van der Waals surface area contributed by atoms with Gasteiger partial charge in [0.2, 0.25) is 0 Å². The maximum atomic E-state index is 11.5. The zero-order chi connectivity index (χ0) is 14.5. The Morgan fingerprint density at radius 3 is 2.65 bits per heavy atom. The van der Waals surface area contributed by atoms with Crippen LogP contribution in [0, 0.1) is 0 Å². The highest BCUT2D eigenvalue weighted by Gasteiger charge is 2.26. The molecule has 1 N–H and O–H groups in total. The quantitative estimate of drug-likeness (QED) is 0.932. The highest BCUT2D eigenvalue weighted by Crippen LogP contribution is 2.29. The zero-order valence-corrected chi connectivity index (χ0v) is 11.8. The second kappa shape index (κ2) is 6.33. The van der Waals surface area contributed by atoms with Crippen molar-refractivity contribution in [2.24, 2.45) is 0 Å². The molecule has 2 atom stereocenters. The van der Waals surface area contributed by atoms with Crippen LogP contribution in [0.1, 0.15) is 24.6 Å². The number of ether oxygens (including phenoxy) is 1. The largest absolute Gasteiger partial charge is 0.439 e. The second-order valence-corrected chi connectivity index (χ2v) is 4.56. The molecular weight excluding hydrogens is 282 g/mol. The van der Waals surface area contributed by atoms with E-state index in [1.54, 1.807) is 24.3 Å². The van der Waals surface area contributed by atoms with Gasteiger partial charge in [0.25, 0.3) is 0 Å². The monoisotopic (exact) mass is 295 g/mol. The molecule has 7 nitrogen and oxygen atoms in total. The molecular formula is C12H14ClN5O2. The Bertz CT molecular complexity index is 558. The summed E-state index contributed by atoms with van der Waals surface area (Å²) in [5, 5.41) is 14.5. The van der Waals surface area contributed by atoms with E-state index in [0.29, 0.717) is 5.02 Å². The first-order chi connectivity index (χ1) is 9.61. The summed E-state index contributed by atoms with van der Waals surface area (Å²) in [7, 11) is 1.50. The van der Waals surface area contributed by atoms with Crippen LogP contribution in [-0.4, -0.2) is 33.3 Å². The number of rotatable bonds is 4. The van der Waals surface area contributed by atoms with E-state index in [1.807, 2.05) is 6.92 Å². The lowest BCUT2D eigenvalue weighted by atomic mass is 10.0. The van der Waals surface area contributed by atoms with Gasteiger partial charge >= 0.3 is 6.09 Å². The number of aromatic nitrogens is 4. The van der Waals surface area contributed by atoms with Gasteiger partial charge in [-0.2, -0.15) is 4.80 Å². The highest BCUT2D eigenvalue weighted by molar-refractivity contribution is 6.30. The van der Waals surface area contributed by atoms with Crippen molar-refractivity contribution in [1.82, 2.24) is 25.5 Å². The molecule has 0 aliphatic carbocycles. The van der Waals surface area contributed by atoms with Gasteiger partial charge in [-0.05, 0) is 29.8 Å². The Morgan fingerprint density at radius 2 is 2.10 bits per heavy atom. The number of alkyl carbamates (subject to hydrolysis) is 1. The summed E-state index contributed by atoms with van der Waals surface area (Å²) in [5.41, 5.74) is 0.794. The van der Waals surface area contributed by atoms with Crippen LogP contribution in [0.5, 0.6) is 0 Å². The van der Waals surface area contributed by atoms with E-state index in [2.05, 4.69) is 20.7 Å². The number of nitrogens with zero attached hydrogens (tertiary/aromatic N) is 4. The molecule has 0 saturated heterocycles. The fourth-order valence-electron chi connectivity index (χ4n) is 1.75. The van der Waals surface area contributed by atoms with Gasteiger partial charge in [0, 0.05) is 12.1 Å². The van der Waals surface area contributed by atoms with Gasteiger partial charge in [0.05, 0.1) is 0 Å². The lowest BCUT2D eigenvalue weighted by molar-refractivity contribution is 0.0622. The van der Waals surface area contributed by atoms with Gasteiger partial charge in [-0.1, -0.05) is 23.7 Å². The molecule has 8 heteroatoms. The minimum Gasteiger partial charge on any atom is -0.439 e. The van der Waals surface area contributed by atoms with E-state index in [0.717, 1.165) is 5.56 Å². The summed E-state index contributed by atoms with van der Waals surface area (Å²) in [6, 6.07) is 6.75. The van der Waals surface area contributed by atoms with Crippen LogP contribution in [0.25, 0.3) is 0 Å². The molecule has 106 valence electrons. The first kappa shape index (κ1) is 14.3. The molecule has 0 aliphatic rings. The third-order valence-electron chi connectivity index (χ3n) is 2.80. The molecule has 1 amide bonds. The third kappa shape index (κ3) is 3.24. The summed E-state index contributed by atoms with van der Waals surface area (Å²) < 4.78 is 5.39. The molecule has 0 radical (unpaired) electrons. The molecule has 2 unspecified atom stereocenters. The summed E-state index contributed by atoms with van der Waals surface area (Å²) in [4.78, 5) is 12.9. The fraction of sp³-hybridized carbons (Fsp3) is 0.333. The number of hydrogen-bond acceptors (Lipinski definition) is 5. The van der Waals surface area contributed by atoms with Gasteiger partial charge in [-0.15, -0.1) is 10.2 Å². The van der Waals surface area contributed by atoms with Crippen molar-refractivity contribution in [3.63, 3.8) is 0 Å². The number of tetrazole rings is 1. The first-order valence-electron chi connectivity index (χ1n) is 5.98. The number of amides is 1. The predicted molar refractivity (Wildman–Crippen MR) is 72.3 cm³/mol. The Balaban J connectivity index is 2.28. The predicted octanol–water partition coefficient (Wildman–Crippen LogP) is 1.98. The topological polar surface area (TPSA) is 81.9 Å². The molecule has 2 aromatic rings. The van der Waals surface area contributed by atoms with Crippen LogP contribution in [0.4, 0.5) is 4.79 Å². The average molecular weight is 296 g/mol. The van der Waals surface area contributed by atoms with Crippen molar-refractivity contribution in [2.75, 3.05) is 7.05 Å². The van der Waals surface area contributed by atoms with Gasteiger partial charge in [-0.3, -0.25) is 0 Å². The minimum absolute atomic E-state index is 0.309. The maximum absolute atomic E-state index is 11.5. The molecule has 0 aliphatic heterocycles. The Hall–Kier alpha value is -2.15. The number of benzene rings is 1. The molecule has 1 aromatic heterocycles. The molecule has 2 rings (SSSR count). The van der Waals surface area contributed by atoms with Crippen LogP contribution in [0.15, 0.2) is 30.6 Å². The standard InChI is InChI=1S/C12H14ClN5O2/c1-8(18-16-7-15-17-18)11(20-12(19)14-2)9-3-5-10(13)6-4-9/h3-8,11H,1-2H3,(H,14,19). The van der Waals surface area contributed by atoms with Crippen molar-refractivity contribution in [3.8, 4) is 0 Å². The summed E-state index contributed by atoms with van der Waals surface area (Å²) in [6.45, 7) is 1.84. The first-order valence-corrected chi connectivity index (χ1v) is 6.36. The number of halogens is 1. The molecule has 0 spiro atoms. The zero-order valence-electron chi connectivity index (χ0n) is 11.0. The van der Waals surface area contributed by atoms with Crippen LogP contribution >= 0.6 is 11.6 Å². The van der Waals surface area contributed by atoms with Crippen molar-refractivity contribution >= 4 is 17.7 Å². The molecule has 1 aromatic carbocycles. The van der Waals surface area contributed by atoms with E-state index in [-0.39, 0.29) is 6.04 Å². The van der Waals surface area contributed by atoms with Gasteiger partial charge in [0.1, 0.15) is 6.04 Å². The lowest BCUT2D eigenvalue weighted by Gasteiger charge is -2.23. The SMILES string of the molecule is CNC(=O)OC(c1ccc(Cl)cc1)C(C)n1ncnn1. The molecule has 0 fully saturated rings. The highest BCUT2D eigenvalue weighted by atomic mass is 35.5. The average Bonchev–Trinajstić information content (AvgIpc) is 2.99. The molecule has 1 heterocycles. The van der Waals surface area contributed by atoms with Gasteiger partial charge < -0.3 is 10.1 Å². The Morgan fingerprint density at radius 1 is 1.40 bits per heavy atom. The summed E-state index contributed by atoms with van der Waals surface area (Å²) in [5.74, 6) is 0. The summed E-state index contributed by atoms with van der Waals surface area (Å²) in [6.07, 6.45) is 0.244. The van der Waals surface area contributed by atoms with Crippen LogP contribution in [-0.2, 0) is 4.74 Å². The van der Waals surface area contributed by atoms with E-state index >= 15 is 0 Å². The number of hydrogen-bond donors (Lipinski definition) is 1. The van der Waals surface area contributed by atoms with Crippen LogP contribution < -0.4 is 5.32 Å². The fourth-order valence-corrected chi connectivity index (χ4v) is 1.88. The van der Waals surface area contributed by atoms with Crippen molar-refractivity contribution in [1.29, 1.82) is 0 Å². The molecule has 0 bridgehead atoms. The van der Waals surface area contributed by atoms with Crippen molar-refractivity contribution in [3.05, 3.63) is 41.2 Å². The minimum atomic E-state index is -0.554. The third-order valence-corrected chi connectivity index (χ3v) is 3.06. The van der Waals surface area contributed by atoms with E-state index in [9.17, 15) is 4.79 Å². The number of nitrogens with one attached hydrogen (secondary N) is 1. The molecule has 20 heavy (non-hydrogen) atoms. The van der Waals surface area contributed by atoms with Crippen molar-refractivity contribution < 1.29 is 9.53 Å².